The topological polar surface area (TPSA) is 100 Å². The first kappa shape index (κ1) is 22.1. The van der Waals surface area contributed by atoms with Crippen LogP contribution in [-0.4, -0.2) is 54.2 Å². The van der Waals surface area contributed by atoms with E-state index in [1.165, 1.54) is 29.2 Å². The van der Waals surface area contributed by atoms with Gasteiger partial charge in [-0.1, -0.05) is 12.1 Å². The van der Waals surface area contributed by atoms with Crippen molar-refractivity contribution in [3.05, 3.63) is 53.8 Å². The van der Waals surface area contributed by atoms with E-state index in [9.17, 15) is 18.8 Å². The molecule has 10 heteroatoms. The molecule has 2 saturated heterocycles. The quantitative estimate of drug-likeness (QED) is 0.655. The third-order valence-corrected chi connectivity index (χ3v) is 6.64. The van der Waals surface area contributed by atoms with Gasteiger partial charge in [-0.2, -0.15) is 0 Å². The van der Waals surface area contributed by atoms with Gasteiger partial charge in [0.1, 0.15) is 11.4 Å². The molecule has 2 fully saturated rings. The lowest BCUT2D eigenvalue weighted by molar-refractivity contribution is -0.133. The van der Waals surface area contributed by atoms with Gasteiger partial charge < -0.3 is 20.1 Å². The van der Waals surface area contributed by atoms with Gasteiger partial charge in [-0.25, -0.2) is 14.1 Å². The summed E-state index contributed by atoms with van der Waals surface area (Å²) in [6.07, 6.45) is 1.21. The van der Waals surface area contributed by atoms with Crippen molar-refractivity contribution < 1.29 is 28.2 Å². The van der Waals surface area contributed by atoms with Crippen LogP contribution in [0.3, 0.4) is 0 Å². The van der Waals surface area contributed by atoms with E-state index in [0.717, 1.165) is 0 Å². The fourth-order valence-corrected chi connectivity index (χ4v) is 4.56. The number of benzene rings is 2. The minimum atomic E-state index is -1.24. The first-order valence-electron chi connectivity index (χ1n) is 11.2. The zero-order chi connectivity index (χ0) is 23.9. The van der Waals surface area contributed by atoms with Crippen molar-refractivity contribution in [2.24, 2.45) is 5.92 Å². The lowest BCUT2D eigenvalue weighted by Crippen LogP contribution is -2.47. The number of halogens is 1. The molecule has 1 atom stereocenters. The average molecular weight is 468 g/mol. The van der Waals surface area contributed by atoms with Gasteiger partial charge in [-0.3, -0.25) is 14.5 Å². The summed E-state index contributed by atoms with van der Waals surface area (Å²) in [7, 11) is 0. The number of carbonyl (C=O) groups is 3. The molecule has 0 radical (unpaired) electrons. The number of likely N-dealkylation sites (tertiary alicyclic amines) is 1. The fourth-order valence-electron chi connectivity index (χ4n) is 4.56. The van der Waals surface area contributed by atoms with Gasteiger partial charge in [-0.15, -0.1) is 0 Å². The molecule has 2 aromatic carbocycles. The van der Waals surface area contributed by atoms with E-state index in [1.807, 2.05) is 4.90 Å². The van der Waals surface area contributed by atoms with E-state index in [4.69, 9.17) is 9.47 Å². The molecule has 4 amide bonds. The molecule has 3 aliphatic heterocycles. The molecule has 34 heavy (non-hydrogen) atoms. The maximum atomic E-state index is 13.3. The third-order valence-electron chi connectivity index (χ3n) is 6.64. The highest BCUT2D eigenvalue weighted by atomic mass is 19.1. The van der Waals surface area contributed by atoms with E-state index in [-0.39, 0.29) is 31.2 Å². The van der Waals surface area contributed by atoms with Gasteiger partial charge >= 0.3 is 6.03 Å². The number of nitrogens with zero attached hydrogens (tertiary/aromatic N) is 2. The van der Waals surface area contributed by atoms with Gasteiger partial charge in [0.05, 0.1) is 6.67 Å². The Bertz CT molecular complexity index is 1130. The second-order valence-electron chi connectivity index (χ2n) is 8.89. The Morgan fingerprint density at radius 3 is 2.56 bits per heavy atom. The lowest BCUT2D eigenvalue weighted by Gasteiger charge is -2.33. The second kappa shape index (κ2) is 8.60. The number of ether oxygens (including phenoxy) is 2. The predicted octanol–water partition coefficient (Wildman–Crippen LogP) is 2.63. The van der Waals surface area contributed by atoms with Crippen molar-refractivity contribution in [3.63, 3.8) is 0 Å². The number of amides is 4. The highest BCUT2D eigenvalue weighted by molar-refractivity contribution is 6.07. The number of piperidine rings is 1. The second-order valence-corrected chi connectivity index (χ2v) is 8.89. The van der Waals surface area contributed by atoms with Crippen molar-refractivity contribution in [3.8, 4) is 11.5 Å². The Kier molecular flexibility index (Phi) is 5.60. The first-order valence-corrected chi connectivity index (χ1v) is 11.2. The summed E-state index contributed by atoms with van der Waals surface area (Å²) in [5.41, 5.74) is -0.0714. The number of anilines is 1. The molecular weight excluding hydrogens is 443 g/mol. The van der Waals surface area contributed by atoms with Crippen LogP contribution in [0.5, 0.6) is 11.5 Å². The molecule has 2 aromatic rings. The summed E-state index contributed by atoms with van der Waals surface area (Å²) in [5.74, 6) is 0.223. The minimum Gasteiger partial charge on any atom is -0.454 e. The van der Waals surface area contributed by atoms with Gasteiger partial charge in [0, 0.05) is 30.8 Å². The number of urea groups is 1. The molecule has 9 nitrogen and oxygen atoms in total. The van der Waals surface area contributed by atoms with E-state index >= 15 is 0 Å². The van der Waals surface area contributed by atoms with Crippen molar-refractivity contribution in [2.75, 3.05) is 31.9 Å². The molecule has 0 aromatic heterocycles. The average Bonchev–Trinajstić information content (AvgIpc) is 3.38. The van der Waals surface area contributed by atoms with E-state index < -0.39 is 17.4 Å². The zero-order valence-corrected chi connectivity index (χ0v) is 18.7. The highest BCUT2D eigenvalue weighted by Crippen LogP contribution is 2.35. The molecule has 0 aliphatic carbocycles. The standard InChI is InChI=1S/C24H25FN4O5/c1-24(16-2-4-17(25)5-3-16)22(31)29(23(32)27-24)13-28-10-8-15(9-11-28)21(30)26-18-6-7-19-20(12-18)34-14-33-19/h2-7,12,15H,8-11,13-14H2,1H3,(H,26,30)(H,27,32)/t24-/m0/s1. The molecule has 0 saturated carbocycles. The number of hydrogen-bond acceptors (Lipinski definition) is 6. The van der Waals surface area contributed by atoms with Crippen LogP contribution in [0.2, 0.25) is 0 Å². The number of imide groups is 1. The van der Waals surface area contributed by atoms with Crippen molar-refractivity contribution in [1.82, 2.24) is 15.1 Å². The van der Waals surface area contributed by atoms with Crippen LogP contribution in [0, 0.1) is 11.7 Å². The van der Waals surface area contributed by atoms with E-state index in [0.29, 0.717) is 48.7 Å². The van der Waals surface area contributed by atoms with Crippen LogP contribution < -0.4 is 20.1 Å². The maximum Gasteiger partial charge on any atom is 0.326 e. The van der Waals surface area contributed by atoms with Crippen LogP contribution in [0.1, 0.15) is 25.3 Å². The Labute approximate surface area is 195 Å². The van der Waals surface area contributed by atoms with Crippen molar-refractivity contribution in [1.29, 1.82) is 0 Å². The summed E-state index contributed by atoms with van der Waals surface area (Å²) in [6.45, 7) is 3.07. The number of rotatable bonds is 5. The van der Waals surface area contributed by atoms with Crippen LogP contribution in [0.15, 0.2) is 42.5 Å². The van der Waals surface area contributed by atoms with Gasteiger partial charge in [0.2, 0.25) is 12.7 Å². The van der Waals surface area contributed by atoms with Gasteiger partial charge in [0.15, 0.2) is 11.5 Å². The SMILES string of the molecule is C[C@@]1(c2ccc(F)cc2)NC(=O)N(CN2CCC(C(=O)Nc3ccc4c(c3)OCO4)CC2)C1=O. The maximum absolute atomic E-state index is 13.3. The number of hydrogen-bond donors (Lipinski definition) is 2. The van der Waals surface area contributed by atoms with Crippen LogP contribution >= 0.6 is 0 Å². The Morgan fingerprint density at radius 1 is 1.12 bits per heavy atom. The molecule has 2 N–H and O–H groups in total. The van der Waals surface area contributed by atoms with Crippen LogP contribution in [-0.2, 0) is 15.1 Å². The van der Waals surface area contributed by atoms with Crippen LogP contribution in [0.4, 0.5) is 14.9 Å². The van der Waals surface area contributed by atoms with Crippen molar-refractivity contribution >= 4 is 23.5 Å². The Hall–Kier alpha value is -3.66. The van der Waals surface area contributed by atoms with Gasteiger partial charge in [0.25, 0.3) is 5.91 Å². The smallest absolute Gasteiger partial charge is 0.326 e. The highest BCUT2D eigenvalue weighted by Gasteiger charge is 2.49. The van der Waals surface area contributed by atoms with E-state index in [1.54, 1.807) is 25.1 Å². The molecule has 0 spiro atoms. The number of fused-ring (bicyclic) bond motifs is 1. The molecule has 0 unspecified atom stereocenters. The first-order chi connectivity index (χ1) is 16.3. The minimum absolute atomic E-state index is 0.0719. The number of carbonyl (C=O) groups excluding carboxylic acids is 3. The Morgan fingerprint density at radius 2 is 1.82 bits per heavy atom. The largest absolute Gasteiger partial charge is 0.454 e. The molecule has 178 valence electrons. The van der Waals surface area contributed by atoms with E-state index in [2.05, 4.69) is 10.6 Å². The van der Waals surface area contributed by atoms with Crippen LogP contribution in [0.25, 0.3) is 0 Å². The predicted molar refractivity (Wildman–Crippen MR) is 119 cm³/mol. The van der Waals surface area contributed by atoms with Crippen molar-refractivity contribution in [2.45, 2.75) is 25.3 Å². The summed E-state index contributed by atoms with van der Waals surface area (Å²) in [6, 6.07) is 10.3. The third kappa shape index (κ3) is 4.05. The molecule has 3 aliphatic rings. The lowest BCUT2D eigenvalue weighted by atomic mass is 9.92. The summed E-state index contributed by atoms with van der Waals surface area (Å²) >= 11 is 0. The molecule has 0 bridgehead atoms. The summed E-state index contributed by atoms with van der Waals surface area (Å²) < 4.78 is 23.9. The summed E-state index contributed by atoms with van der Waals surface area (Å²) in [5, 5.41) is 5.66. The Balaban J connectivity index is 1.16. The molecular formula is C24H25FN4O5. The molecule has 5 rings (SSSR count). The summed E-state index contributed by atoms with van der Waals surface area (Å²) in [4.78, 5) is 41.6. The molecule has 3 heterocycles. The monoisotopic (exact) mass is 468 g/mol. The normalized spacial score (nSPS) is 22.7. The number of nitrogens with one attached hydrogen (secondary N) is 2. The van der Waals surface area contributed by atoms with Gasteiger partial charge in [-0.05, 0) is 49.6 Å². The fraction of sp³-hybridized carbons (Fsp3) is 0.375. The zero-order valence-electron chi connectivity index (χ0n) is 18.7.